The van der Waals surface area contributed by atoms with Gasteiger partial charge in [-0.05, 0) is 31.2 Å². The van der Waals surface area contributed by atoms with Crippen molar-refractivity contribution in [3.8, 4) is 17.2 Å². The highest BCUT2D eigenvalue weighted by atomic mass is 16.6. The lowest BCUT2D eigenvalue weighted by atomic mass is 10.1. The number of para-hydroxylation sites is 2. The van der Waals surface area contributed by atoms with Gasteiger partial charge in [-0.2, -0.15) is 0 Å². The molecule has 0 saturated carbocycles. The monoisotopic (exact) mass is 313 g/mol. The Morgan fingerprint density at radius 3 is 2.78 bits per heavy atom. The summed E-state index contributed by atoms with van der Waals surface area (Å²) in [7, 11) is 1.69. The zero-order valence-corrected chi connectivity index (χ0v) is 13.2. The Morgan fingerprint density at radius 2 is 2.00 bits per heavy atom. The average molecular weight is 313 g/mol. The van der Waals surface area contributed by atoms with E-state index in [1.54, 1.807) is 19.2 Å². The molecular formula is C18H19NO4. The van der Waals surface area contributed by atoms with E-state index in [0.717, 1.165) is 5.56 Å². The van der Waals surface area contributed by atoms with Crippen LogP contribution in [-0.4, -0.2) is 42.2 Å². The fraction of sp³-hybridized carbons (Fsp3) is 0.278. The Balaban J connectivity index is 1.69. The van der Waals surface area contributed by atoms with Gasteiger partial charge in [-0.3, -0.25) is 4.79 Å². The molecular weight excluding hydrogens is 294 g/mol. The first-order valence-corrected chi connectivity index (χ1v) is 7.48. The van der Waals surface area contributed by atoms with Gasteiger partial charge in [0, 0.05) is 7.05 Å². The molecule has 5 nitrogen and oxygen atoms in total. The maximum atomic E-state index is 12.5. The van der Waals surface area contributed by atoms with Gasteiger partial charge in [0.05, 0.1) is 12.1 Å². The third-order valence-corrected chi connectivity index (χ3v) is 3.77. The summed E-state index contributed by atoms with van der Waals surface area (Å²) in [4.78, 5) is 14.0. The maximum absolute atomic E-state index is 12.5. The molecule has 2 aromatic rings. The summed E-state index contributed by atoms with van der Waals surface area (Å²) < 4.78 is 11.5. The first kappa shape index (κ1) is 15.2. The fourth-order valence-electron chi connectivity index (χ4n) is 2.57. The molecule has 0 bridgehead atoms. The second-order valence-corrected chi connectivity index (χ2v) is 5.70. The van der Waals surface area contributed by atoms with Crippen molar-refractivity contribution in [2.75, 3.05) is 20.2 Å². The molecule has 0 radical (unpaired) electrons. The summed E-state index contributed by atoms with van der Waals surface area (Å²) in [6, 6.07) is 12.4. The van der Waals surface area contributed by atoms with E-state index < -0.39 is 0 Å². The highest BCUT2D eigenvalue weighted by molar-refractivity contribution is 5.96. The third kappa shape index (κ3) is 3.23. The van der Waals surface area contributed by atoms with Crippen LogP contribution < -0.4 is 9.47 Å². The lowest BCUT2D eigenvalue weighted by Gasteiger charge is -2.29. The number of nitrogens with zero attached hydrogens (tertiary/aromatic N) is 1. The fourth-order valence-corrected chi connectivity index (χ4v) is 2.57. The molecule has 120 valence electrons. The van der Waals surface area contributed by atoms with Crippen LogP contribution in [0, 0.1) is 6.92 Å². The van der Waals surface area contributed by atoms with Gasteiger partial charge < -0.3 is 19.5 Å². The zero-order valence-electron chi connectivity index (χ0n) is 13.2. The van der Waals surface area contributed by atoms with Crippen LogP contribution >= 0.6 is 0 Å². The molecule has 0 fully saturated rings. The van der Waals surface area contributed by atoms with E-state index in [2.05, 4.69) is 0 Å². The SMILES string of the molecule is Cc1ccc(O)c(C(=O)N(C)C[C@H]2COc3ccccc3O2)c1. The van der Waals surface area contributed by atoms with Crippen molar-refractivity contribution in [2.24, 2.45) is 0 Å². The van der Waals surface area contributed by atoms with Crippen molar-refractivity contribution in [1.82, 2.24) is 4.90 Å². The van der Waals surface area contributed by atoms with Crippen molar-refractivity contribution >= 4 is 5.91 Å². The number of hydrogen-bond donors (Lipinski definition) is 1. The molecule has 5 heteroatoms. The zero-order chi connectivity index (χ0) is 16.4. The second-order valence-electron chi connectivity index (χ2n) is 5.70. The number of aryl methyl sites for hydroxylation is 1. The van der Waals surface area contributed by atoms with E-state index in [-0.39, 0.29) is 17.8 Å². The Labute approximate surface area is 135 Å². The minimum absolute atomic E-state index is 0.0152. The molecule has 0 spiro atoms. The minimum atomic E-state index is -0.245. The quantitative estimate of drug-likeness (QED) is 0.946. The second kappa shape index (κ2) is 6.20. The van der Waals surface area contributed by atoms with E-state index in [1.807, 2.05) is 31.2 Å². The molecule has 0 aliphatic carbocycles. The molecule has 1 aliphatic rings. The number of aromatic hydroxyl groups is 1. The number of rotatable bonds is 3. The summed E-state index contributed by atoms with van der Waals surface area (Å²) in [6.45, 7) is 2.64. The van der Waals surface area contributed by atoms with Gasteiger partial charge in [0.15, 0.2) is 17.6 Å². The topological polar surface area (TPSA) is 59.0 Å². The molecule has 0 unspecified atom stereocenters. The minimum Gasteiger partial charge on any atom is -0.507 e. The van der Waals surface area contributed by atoms with Gasteiger partial charge >= 0.3 is 0 Å². The number of hydrogen-bond acceptors (Lipinski definition) is 4. The molecule has 1 amide bonds. The lowest BCUT2D eigenvalue weighted by molar-refractivity contribution is 0.0519. The molecule has 1 N–H and O–H groups in total. The standard InChI is InChI=1S/C18H19NO4/c1-12-7-8-15(20)14(9-12)18(21)19(2)10-13-11-22-16-5-3-4-6-17(16)23-13/h3-9,13,20H,10-11H2,1-2H3/t13-/m0/s1. The van der Waals surface area contributed by atoms with Crippen molar-refractivity contribution < 1.29 is 19.4 Å². The first-order chi connectivity index (χ1) is 11.0. The Kier molecular flexibility index (Phi) is 4.10. The van der Waals surface area contributed by atoms with Crippen molar-refractivity contribution in [1.29, 1.82) is 0 Å². The maximum Gasteiger partial charge on any atom is 0.257 e. The molecule has 2 aromatic carbocycles. The third-order valence-electron chi connectivity index (χ3n) is 3.77. The lowest BCUT2D eigenvalue weighted by Crippen LogP contribution is -2.41. The Bertz CT molecular complexity index is 729. The summed E-state index contributed by atoms with van der Waals surface area (Å²) in [5.74, 6) is 1.14. The Morgan fingerprint density at radius 1 is 1.26 bits per heavy atom. The smallest absolute Gasteiger partial charge is 0.257 e. The number of ether oxygens (including phenoxy) is 2. The molecule has 0 saturated heterocycles. The summed E-state index contributed by atoms with van der Waals surface area (Å²) in [5.41, 5.74) is 1.22. The van der Waals surface area contributed by atoms with E-state index >= 15 is 0 Å². The summed E-state index contributed by atoms with van der Waals surface area (Å²) in [6.07, 6.45) is -0.245. The van der Waals surface area contributed by atoms with Gasteiger partial charge in [-0.15, -0.1) is 0 Å². The number of fused-ring (bicyclic) bond motifs is 1. The first-order valence-electron chi connectivity index (χ1n) is 7.48. The predicted octanol–water partition coefficient (Wildman–Crippen LogP) is 2.61. The van der Waals surface area contributed by atoms with Crippen LogP contribution in [0.2, 0.25) is 0 Å². The van der Waals surface area contributed by atoms with Crippen molar-refractivity contribution in [2.45, 2.75) is 13.0 Å². The Hall–Kier alpha value is -2.69. The predicted molar refractivity (Wildman–Crippen MR) is 86.2 cm³/mol. The van der Waals surface area contributed by atoms with E-state index in [4.69, 9.17) is 9.47 Å². The number of likely N-dealkylation sites (N-methyl/N-ethyl adjacent to an activating group) is 1. The largest absolute Gasteiger partial charge is 0.507 e. The van der Waals surface area contributed by atoms with Gasteiger partial charge in [-0.1, -0.05) is 23.8 Å². The van der Waals surface area contributed by atoms with Gasteiger partial charge in [0.2, 0.25) is 0 Å². The van der Waals surface area contributed by atoms with Gasteiger partial charge in [0.1, 0.15) is 12.4 Å². The molecule has 23 heavy (non-hydrogen) atoms. The number of carbonyl (C=O) groups is 1. The molecule has 1 heterocycles. The van der Waals surface area contributed by atoms with E-state index in [1.165, 1.54) is 11.0 Å². The van der Waals surface area contributed by atoms with Crippen molar-refractivity contribution in [3.05, 3.63) is 53.6 Å². The van der Waals surface area contributed by atoms with Crippen LogP contribution in [0.5, 0.6) is 17.2 Å². The van der Waals surface area contributed by atoms with E-state index in [0.29, 0.717) is 30.2 Å². The van der Waals surface area contributed by atoms with Crippen LogP contribution in [0.15, 0.2) is 42.5 Å². The van der Waals surface area contributed by atoms with Crippen LogP contribution in [0.3, 0.4) is 0 Å². The van der Waals surface area contributed by atoms with E-state index in [9.17, 15) is 9.90 Å². The molecule has 0 aromatic heterocycles. The summed E-state index contributed by atoms with van der Waals surface area (Å²) in [5, 5.41) is 9.89. The number of benzene rings is 2. The average Bonchev–Trinajstić information content (AvgIpc) is 2.56. The van der Waals surface area contributed by atoms with Gasteiger partial charge in [-0.25, -0.2) is 0 Å². The van der Waals surface area contributed by atoms with Crippen LogP contribution in [0.25, 0.3) is 0 Å². The number of carbonyl (C=O) groups excluding carboxylic acids is 1. The molecule has 1 atom stereocenters. The van der Waals surface area contributed by atoms with Crippen LogP contribution in [0.1, 0.15) is 15.9 Å². The van der Waals surface area contributed by atoms with Crippen LogP contribution in [-0.2, 0) is 0 Å². The van der Waals surface area contributed by atoms with Gasteiger partial charge in [0.25, 0.3) is 5.91 Å². The van der Waals surface area contributed by atoms with Crippen LogP contribution in [0.4, 0.5) is 0 Å². The normalized spacial score (nSPS) is 16.0. The number of phenolic OH excluding ortho intramolecular Hbond substituents is 1. The number of amides is 1. The highest BCUT2D eigenvalue weighted by Gasteiger charge is 2.25. The molecule has 3 rings (SSSR count). The highest BCUT2D eigenvalue weighted by Crippen LogP contribution is 2.31. The number of phenols is 1. The molecule has 1 aliphatic heterocycles. The van der Waals surface area contributed by atoms with Crippen molar-refractivity contribution in [3.63, 3.8) is 0 Å². The summed E-state index contributed by atoms with van der Waals surface area (Å²) >= 11 is 0.